The second-order valence-corrected chi connectivity index (χ2v) is 8.29. The lowest BCUT2D eigenvalue weighted by molar-refractivity contribution is -0.134. The van der Waals surface area contributed by atoms with Crippen molar-refractivity contribution in [2.45, 2.75) is 32.2 Å². The van der Waals surface area contributed by atoms with Gasteiger partial charge in [0.05, 0.1) is 16.8 Å². The molecule has 1 heterocycles. The van der Waals surface area contributed by atoms with Crippen molar-refractivity contribution in [3.8, 4) is 0 Å². The number of fused-ring (bicyclic) bond motifs is 1. The Morgan fingerprint density at radius 2 is 1.74 bits per heavy atom. The van der Waals surface area contributed by atoms with E-state index in [9.17, 15) is 9.59 Å². The highest BCUT2D eigenvalue weighted by atomic mass is 35.5. The number of nitrogens with zero attached hydrogens (tertiary/aromatic N) is 1. The van der Waals surface area contributed by atoms with Gasteiger partial charge < -0.3 is 10.2 Å². The minimum absolute atomic E-state index is 0.0182. The number of hydrogen-bond acceptors (Lipinski definition) is 2. The fraction of sp³-hybridized carbons (Fsp3) is 0.231. The standard InChI is InChI=1S/C26H25ClN2O2/c1-18-11-12-19-15-16-29(26(21(19)17-18)20-7-3-2-4-8-20)25(31)14-13-24(30)28-23-10-6-5-9-22(23)27/h2-12,17,26H,13-16H2,1H3,(H,28,30). The van der Waals surface area contributed by atoms with Crippen LogP contribution in [0.4, 0.5) is 5.69 Å². The van der Waals surface area contributed by atoms with Crippen LogP contribution in [0.15, 0.2) is 72.8 Å². The normalized spacial score (nSPS) is 15.3. The second-order valence-electron chi connectivity index (χ2n) is 7.88. The van der Waals surface area contributed by atoms with Gasteiger partial charge in [-0.3, -0.25) is 9.59 Å². The first-order valence-corrected chi connectivity index (χ1v) is 10.9. The van der Waals surface area contributed by atoms with Gasteiger partial charge in [0.2, 0.25) is 11.8 Å². The summed E-state index contributed by atoms with van der Waals surface area (Å²) in [6.07, 6.45) is 1.08. The SMILES string of the molecule is Cc1ccc2c(c1)C(c1ccccc1)N(C(=O)CCC(=O)Nc1ccccc1Cl)CC2. The third kappa shape index (κ3) is 4.80. The molecular formula is C26H25ClN2O2. The summed E-state index contributed by atoms with van der Waals surface area (Å²) in [5.41, 5.74) is 5.27. The first-order chi connectivity index (χ1) is 15.0. The summed E-state index contributed by atoms with van der Waals surface area (Å²) in [6.45, 7) is 2.71. The number of hydrogen-bond donors (Lipinski definition) is 1. The Bertz CT molecular complexity index is 1100. The van der Waals surface area contributed by atoms with Crippen molar-refractivity contribution in [1.29, 1.82) is 0 Å². The van der Waals surface area contributed by atoms with Gasteiger partial charge >= 0.3 is 0 Å². The molecule has 4 nitrogen and oxygen atoms in total. The van der Waals surface area contributed by atoms with Crippen molar-refractivity contribution < 1.29 is 9.59 Å². The van der Waals surface area contributed by atoms with Crippen molar-refractivity contribution in [2.24, 2.45) is 0 Å². The summed E-state index contributed by atoms with van der Waals surface area (Å²) >= 11 is 6.11. The number of rotatable bonds is 5. The van der Waals surface area contributed by atoms with Gasteiger partial charge in [0.25, 0.3) is 0 Å². The minimum atomic E-state index is -0.217. The topological polar surface area (TPSA) is 49.4 Å². The number of anilines is 1. The van der Waals surface area contributed by atoms with Crippen LogP contribution in [0.1, 0.15) is 41.1 Å². The summed E-state index contributed by atoms with van der Waals surface area (Å²) in [6, 6.07) is 23.5. The van der Waals surface area contributed by atoms with Crippen LogP contribution in [0, 0.1) is 6.92 Å². The van der Waals surface area contributed by atoms with Crippen LogP contribution in [0.5, 0.6) is 0 Å². The van der Waals surface area contributed by atoms with Crippen molar-refractivity contribution >= 4 is 29.1 Å². The zero-order valence-electron chi connectivity index (χ0n) is 17.5. The Morgan fingerprint density at radius 1 is 1.00 bits per heavy atom. The maximum Gasteiger partial charge on any atom is 0.224 e. The molecule has 0 radical (unpaired) electrons. The van der Waals surface area contributed by atoms with Gasteiger partial charge in [-0.2, -0.15) is 0 Å². The quantitative estimate of drug-likeness (QED) is 0.575. The van der Waals surface area contributed by atoms with Crippen molar-refractivity contribution in [3.63, 3.8) is 0 Å². The molecule has 0 spiro atoms. The first-order valence-electron chi connectivity index (χ1n) is 10.5. The predicted octanol–water partition coefficient (Wildman–Crippen LogP) is 5.54. The molecule has 0 aliphatic carbocycles. The molecule has 1 N–H and O–H groups in total. The van der Waals surface area contributed by atoms with Gasteiger partial charge in [-0.05, 0) is 42.2 Å². The summed E-state index contributed by atoms with van der Waals surface area (Å²) in [5.74, 6) is -0.235. The number of aryl methyl sites for hydroxylation is 1. The molecule has 158 valence electrons. The van der Waals surface area contributed by atoms with Gasteiger partial charge in [-0.15, -0.1) is 0 Å². The molecule has 0 saturated carbocycles. The van der Waals surface area contributed by atoms with E-state index in [0.29, 0.717) is 17.3 Å². The molecule has 0 saturated heterocycles. The van der Waals surface area contributed by atoms with Gasteiger partial charge in [-0.25, -0.2) is 0 Å². The molecule has 0 fully saturated rings. The first kappa shape index (κ1) is 21.1. The number of carbonyl (C=O) groups excluding carboxylic acids is 2. The van der Waals surface area contributed by atoms with Crippen molar-refractivity contribution in [2.75, 3.05) is 11.9 Å². The highest BCUT2D eigenvalue weighted by molar-refractivity contribution is 6.33. The Kier molecular flexibility index (Phi) is 6.38. The number of amides is 2. The Morgan fingerprint density at radius 3 is 2.52 bits per heavy atom. The van der Waals surface area contributed by atoms with Crippen LogP contribution < -0.4 is 5.32 Å². The number of nitrogens with one attached hydrogen (secondary N) is 1. The lowest BCUT2D eigenvalue weighted by Crippen LogP contribution is -2.40. The Balaban J connectivity index is 1.51. The predicted molar refractivity (Wildman–Crippen MR) is 124 cm³/mol. The minimum Gasteiger partial charge on any atom is -0.331 e. The summed E-state index contributed by atoms with van der Waals surface area (Å²) in [5, 5.41) is 3.27. The lowest BCUT2D eigenvalue weighted by Gasteiger charge is -2.38. The maximum atomic E-state index is 13.2. The van der Waals surface area contributed by atoms with E-state index in [1.165, 1.54) is 16.7 Å². The molecule has 3 aromatic carbocycles. The molecule has 31 heavy (non-hydrogen) atoms. The lowest BCUT2D eigenvalue weighted by atomic mass is 9.87. The highest BCUT2D eigenvalue weighted by Gasteiger charge is 2.32. The average Bonchev–Trinajstić information content (AvgIpc) is 2.78. The fourth-order valence-corrected chi connectivity index (χ4v) is 4.32. The van der Waals surface area contributed by atoms with E-state index in [2.05, 4.69) is 42.6 Å². The molecule has 0 bridgehead atoms. The number of para-hydroxylation sites is 1. The van der Waals surface area contributed by atoms with E-state index in [0.717, 1.165) is 12.0 Å². The summed E-state index contributed by atoms with van der Waals surface area (Å²) < 4.78 is 0. The number of carbonyl (C=O) groups is 2. The molecule has 1 unspecified atom stereocenters. The smallest absolute Gasteiger partial charge is 0.224 e. The average molecular weight is 433 g/mol. The van der Waals surface area contributed by atoms with Crippen LogP contribution in [0.25, 0.3) is 0 Å². The van der Waals surface area contributed by atoms with Crippen LogP contribution in [-0.2, 0) is 16.0 Å². The van der Waals surface area contributed by atoms with E-state index in [4.69, 9.17) is 11.6 Å². The van der Waals surface area contributed by atoms with Crippen LogP contribution in [0.2, 0.25) is 5.02 Å². The molecule has 4 rings (SSSR count). The van der Waals surface area contributed by atoms with E-state index in [1.807, 2.05) is 29.2 Å². The molecule has 0 aromatic heterocycles. The molecule has 5 heteroatoms. The summed E-state index contributed by atoms with van der Waals surface area (Å²) in [4.78, 5) is 27.5. The zero-order valence-corrected chi connectivity index (χ0v) is 18.2. The largest absolute Gasteiger partial charge is 0.331 e. The van der Waals surface area contributed by atoms with E-state index < -0.39 is 0 Å². The maximum absolute atomic E-state index is 13.2. The number of halogens is 1. The van der Waals surface area contributed by atoms with Crippen molar-refractivity contribution in [1.82, 2.24) is 4.90 Å². The number of benzene rings is 3. The zero-order chi connectivity index (χ0) is 21.8. The molecule has 3 aromatic rings. The van der Waals surface area contributed by atoms with Gasteiger partial charge in [0, 0.05) is 19.4 Å². The van der Waals surface area contributed by atoms with Gasteiger partial charge in [0.1, 0.15) is 0 Å². The molecule has 1 aliphatic heterocycles. The fourth-order valence-electron chi connectivity index (χ4n) is 4.14. The molecular weight excluding hydrogens is 408 g/mol. The van der Waals surface area contributed by atoms with E-state index >= 15 is 0 Å². The third-order valence-corrected chi connectivity index (χ3v) is 6.01. The van der Waals surface area contributed by atoms with Crippen LogP contribution >= 0.6 is 11.6 Å². The Hall–Kier alpha value is -3.11. The Labute approximate surface area is 187 Å². The van der Waals surface area contributed by atoms with Crippen molar-refractivity contribution in [3.05, 3.63) is 100 Å². The third-order valence-electron chi connectivity index (χ3n) is 5.68. The van der Waals surface area contributed by atoms with E-state index in [-0.39, 0.29) is 30.7 Å². The van der Waals surface area contributed by atoms with Crippen LogP contribution in [-0.4, -0.2) is 23.3 Å². The second kappa shape index (κ2) is 9.36. The van der Waals surface area contributed by atoms with Gasteiger partial charge in [-0.1, -0.05) is 77.8 Å². The molecule has 2 amide bonds. The van der Waals surface area contributed by atoms with Gasteiger partial charge in [0.15, 0.2) is 0 Å². The molecule has 1 aliphatic rings. The van der Waals surface area contributed by atoms with E-state index in [1.54, 1.807) is 18.2 Å². The highest BCUT2D eigenvalue weighted by Crippen LogP contribution is 2.36. The van der Waals surface area contributed by atoms with Crippen LogP contribution in [0.3, 0.4) is 0 Å². The monoisotopic (exact) mass is 432 g/mol. The summed E-state index contributed by atoms with van der Waals surface area (Å²) in [7, 11) is 0. The molecule has 1 atom stereocenters.